The molecule has 0 fully saturated rings. The van der Waals surface area contributed by atoms with Gasteiger partial charge in [-0.1, -0.05) is 12.1 Å². The van der Waals surface area contributed by atoms with Crippen molar-refractivity contribution in [3.63, 3.8) is 0 Å². The van der Waals surface area contributed by atoms with Gasteiger partial charge in [-0.25, -0.2) is 0 Å². The first-order chi connectivity index (χ1) is 13.7. The van der Waals surface area contributed by atoms with Crippen molar-refractivity contribution >= 4 is 23.0 Å². The third-order valence-electron chi connectivity index (χ3n) is 3.81. The molecule has 3 aromatic rings. The highest BCUT2D eigenvalue weighted by atomic mass is 16.6. The Kier molecular flexibility index (Phi) is 5.21. The van der Waals surface area contributed by atoms with Gasteiger partial charge in [-0.15, -0.1) is 0 Å². The summed E-state index contributed by atoms with van der Waals surface area (Å²) in [6.07, 6.45) is 1.09. The fraction of sp³-hybridized carbons (Fsp3) is 0.111. The summed E-state index contributed by atoms with van der Waals surface area (Å²) >= 11 is 0. The fourth-order valence-corrected chi connectivity index (χ4v) is 2.60. The van der Waals surface area contributed by atoms with Crippen molar-refractivity contribution in [3.05, 3.63) is 80.1 Å². The van der Waals surface area contributed by atoms with Crippen molar-refractivity contribution in [1.29, 1.82) is 0 Å². The lowest BCUT2D eigenvalue weighted by atomic mass is 10.2. The van der Waals surface area contributed by atoms with Crippen molar-refractivity contribution in [2.24, 2.45) is 7.05 Å². The second kappa shape index (κ2) is 7.76. The van der Waals surface area contributed by atoms with Crippen LogP contribution in [0.4, 0.5) is 17.1 Å². The summed E-state index contributed by atoms with van der Waals surface area (Å²) in [6, 6.07) is 10.8. The van der Waals surface area contributed by atoms with Crippen molar-refractivity contribution in [2.75, 3.05) is 5.32 Å². The molecule has 11 heteroatoms. The van der Waals surface area contributed by atoms with Crippen LogP contribution in [-0.2, 0) is 7.05 Å². The molecular weight excluding hydrogens is 382 g/mol. The molecule has 1 heterocycles. The lowest BCUT2D eigenvalue weighted by molar-refractivity contribution is -0.385. The van der Waals surface area contributed by atoms with Crippen LogP contribution in [0, 0.1) is 27.2 Å². The van der Waals surface area contributed by atoms with E-state index in [1.165, 1.54) is 19.2 Å². The SMILES string of the molecule is Cc1cccc(Oc2cc(NC(=O)c3nn(C)cc3[N+](=O)[O-])cc([N+](=O)[O-])c2)c1. The molecule has 0 bridgehead atoms. The van der Waals surface area contributed by atoms with Crippen LogP contribution in [-0.4, -0.2) is 25.5 Å². The molecule has 0 saturated heterocycles. The molecule has 2 aromatic carbocycles. The van der Waals surface area contributed by atoms with E-state index >= 15 is 0 Å². The summed E-state index contributed by atoms with van der Waals surface area (Å²) in [7, 11) is 1.44. The number of rotatable bonds is 6. The molecule has 0 unspecified atom stereocenters. The summed E-state index contributed by atoms with van der Waals surface area (Å²) in [4.78, 5) is 33.4. The van der Waals surface area contributed by atoms with Crippen LogP contribution in [0.25, 0.3) is 0 Å². The van der Waals surface area contributed by atoms with Gasteiger partial charge in [0.05, 0.1) is 21.6 Å². The fourth-order valence-electron chi connectivity index (χ4n) is 2.60. The third kappa shape index (κ3) is 4.53. The number of hydrogen-bond acceptors (Lipinski definition) is 7. The van der Waals surface area contributed by atoms with Crippen molar-refractivity contribution in [2.45, 2.75) is 6.92 Å². The number of hydrogen-bond donors (Lipinski definition) is 1. The smallest absolute Gasteiger partial charge is 0.320 e. The van der Waals surface area contributed by atoms with Gasteiger partial charge >= 0.3 is 5.69 Å². The van der Waals surface area contributed by atoms with E-state index in [1.807, 2.05) is 13.0 Å². The summed E-state index contributed by atoms with van der Waals surface area (Å²) in [5.74, 6) is -0.293. The molecule has 29 heavy (non-hydrogen) atoms. The number of nitro groups is 2. The standard InChI is InChI=1S/C18H15N5O6/c1-11-4-3-5-14(6-11)29-15-8-12(7-13(9-15)22(25)26)19-18(24)17-16(23(27)28)10-21(2)20-17/h3-10H,1-2H3,(H,19,24). The van der Waals surface area contributed by atoms with Crippen LogP contribution in [0.3, 0.4) is 0 Å². The Balaban J connectivity index is 1.92. The molecule has 1 N–H and O–H groups in total. The van der Waals surface area contributed by atoms with Crippen LogP contribution in [0.2, 0.25) is 0 Å². The number of carbonyl (C=O) groups excluding carboxylic acids is 1. The lowest BCUT2D eigenvalue weighted by Gasteiger charge is -2.09. The van der Waals surface area contributed by atoms with Gasteiger partial charge in [0.2, 0.25) is 5.69 Å². The largest absolute Gasteiger partial charge is 0.457 e. The summed E-state index contributed by atoms with van der Waals surface area (Å²) in [5.41, 5.74) is -0.242. The maximum Gasteiger partial charge on any atom is 0.320 e. The molecule has 0 aliphatic heterocycles. The van der Waals surface area contributed by atoms with Crippen LogP contribution in [0.1, 0.15) is 16.1 Å². The highest BCUT2D eigenvalue weighted by Crippen LogP contribution is 2.30. The minimum atomic E-state index is -0.876. The molecular formula is C18H15N5O6. The Hall–Kier alpha value is -4.28. The van der Waals surface area contributed by atoms with E-state index in [4.69, 9.17) is 4.74 Å². The first kappa shape index (κ1) is 19.5. The van der Waals surface area contributed by atoms with E-state index in [0.717, 1.165) is 22.5 Å². The van der Waals surface area contributed by atoms with E-state index in [2.05, 4.69) is 10.4 Å². The Morgan fingerprint density at radius 2 is 1.86 bits per heavy atom. The van der Waals surface area contributed by atoms with Crippen molar-refractivity contribution < 1.29 is 19.4 Å². The number of nitro benzene ring substituents is 1. The molecule has 1 amide bonds. The monoisotopic (exact) mass is 397 g/mol. The van der Waals surface area contributed by atoms with Gasteiger partial charge in [0.15, 0.2) is 0 Å². The maximum absolute atomic E-state index is 12.4. The molecule has 148 valence electrons. The van der Waals surface area contributed by atoms with Crippen molar-refractivity contribution in [1.82, 2.24) is 9.78 Å². The average molecular weight is 397 g/mol. The third-order valence-corrected chi connectivity index (χ3v) is 3.81. The maximum atomic E-state index is 12.4. The van der Waals surface area contributed by atoms with Crippen LogP contribution >= 0.6 is 0 Å². The van der Waals surface area contributed by atoms with E-state index in [9.17, 15) is 25.0 Å². The minimum Gasteiger partial charge on any atom is -0.457 e. The normalized spacial score (nSPS) is 10.4. The van der Waals surface area contributed by atoms with E-state index in [1.54, 1.807) is 18.2 Å². The number of amides is 1. The zero-order valence-electron chi connectivity index (χ0n) is 15.4. The second-order valence-corrected chi connectivity index (χ2v) is 6.14. The Labute approximate surface area is 163 Å². The summed E-state index contributed by atoms with van der Waals surface area (Å²) in [5, 5.41) is 28.5. The molecule has 0 radical (unpaired) electrons. The molecule has 3 rings (SSSR count). The van der Waals surface area contributed by atoms with Crippen LogP contribution in [0.5, 0.6) is 11.5 Å². The number of anilines is 1. The van der Waals surface area contributed by atoms with Crippen LogP contribution < -0.4 is 10.1 Å². The molecule has 1 aromatic heterocycles. The summed E-state index contributed by atoms with van der Waals surface area (Å²) < 4.78 is 6.79. The molecule has 11 nitrogen and oxygen atoms in total. The highest BCUT2D eigenvalue weighted by Gasteiger charge is 2.25. The number of ether oxygens (including phenoxy) is 1. The Morgan fingerprint density at radius 3 is 2.52 bits per heavy atom. The average Bonchev–Trinajstić information content (AvgIpc) is 3.04. The number of aromatic nitrogens is 2. The summed E-state index contributed by atoms with van der Waals surface area (Å²) in [6.45, 7) is 1.87. The van der Waals surface area contributed by atoms with E-state index < -0.39 is 27.1 Å². The van der Waals surface area contributed by atoms with E-state index in [0.29, 0.717) is 5.75 Å². The van der Waals surface area contributed by atoms with Gasteiger partial charge in [-0.3, -0.25) is 29.7 Å². The minimum absolute atomic E-state index is 0.0341. The van der Waals surface area contributed by atoms with Gasteiger partial charge in [0.25, 0.3) is 11.6 Å². The number of non-ortho nitro benzene ring substituents is 1. The number of aryl methyl sites for hydroxylation is 2. The van der Waals surface area contributed by atoms with Gasteiger partial charge in [-0.05, 0) is 24.6 Å². The molecule has 0 aliphatic carbocycles. The predicted molar refractivity (Wildman–Crippen MR) is 102 cm³/mol. The lowest BCUT2D eigenvalue weighted by Crippen LogP contribution is -2.14. The van der Waals surface area contributed by atoms with Gasteiger partial charge in [0.1, 0.15) is 17.7 Å². The predicted octanol–water partition coefficient (Wildman–Crippen LogP) is 3.59. The molecule has 0 spiro atoms. The number of nitrogens with zero attached hydrogens (tertiary/aromatic N) is 4. The number of carbonyl (C=O) groups is 1. The molecule has 0 saturated carbocycles. The Bertz CT molecular complexity index is 1120. The second-order valence-electron chi connectivity index (χ2n) is 6.14. The Morgan fingerprint density at radius 1 is 1.10 bits per heavy atom. The van der Waals surface area contributed by atoms with Crippen LogP contribution in [0.15, 0.2) is 48.7 Å². The van der Waals surface area contributed by atoms with Crippen molar-refractivity contribution in [3.8, 4) is 11.5 Å². The van der Waals surface area contributed by atoms with Gasteiger partial charge in [0, 0.05) is 19.2 Å². The number of nitrogens with one attached hydrogen (secondary N) is 1. The topological polar surface area (TPSA) is 142 Å². The zero-order chi connectivity index (χ0) is 21.1. The number of benzene rings is 2. The molecule has 0 atom stereocenters. The highest BCUT2D eigenvalue weighted by molar-refractivity contribution is 6.05. The quantitative estimate of drug-likeness (QED) is 0.494. The van der Waals surface area contributed by atoms with E-state index in [-0.39, 0.29) is 17.1 Å². The molecule has 0 aliphatic rings. The first-order valence-electron chi connectivity index (χ1n) is 8.26. The zero-order valence-corrected chi connectivity index (χ0v) is 15.4. The first-order valence-corrected chi connectivity index (χ1v) is 8.26. The van der Waals surface area contributed by atoms with Gasteiger partial charge in [-0.2, -0.15) is 5.10 Å². The van der Waals surface area contributed by atoms with Gasteiger partial charge < -0.3 is 10.1 Å².